The molecule has 1 N–H and O–H groups in total. The fourth-order valence-corrected chi connectivity index (χ4v) is 6.24. The van der Waals surface area contributed by atoms with Crippen molar-refractivity contribution < 1.29 is 33.2 Å². The minimum Gasteiger partial charge on any atom is -0.494 e. The van der Waals surface area contributed by atoms with Gasteiger partial charge in [0.15, 0.2) is 24.0 Å². The topological polar surface area (TPSA) is 84.5 Å². The van der Waals surface area contributed by atoms with Gasteiger partial charge in [0.25, 0.3) is 5.91 Å². The van der Waals surface area contributed by atoms with Crippen LogP contribution in [0.3, 0.4) is 0 Å². The Morgan fingerprint density at radius 3 is 2.11 bits per heavy atom. The largest absolute Gasteiger partial charge is 0.494 e. The van der Waals surface area contributed by atoms with Gasteiger partial charge in [-0.2, -0.15) is 0 Å². The van der Waals surface area contributed by atoms with Crippen LogP contribution in [0.1, 0.15) is 77.6 Å². The monoisotopic (exact) mass is 487 g/mol. The van der Waals surface area contributed by atoms with Crippen molar-refractivity contribution in [3.8, 4) is 5.75 Å². The lowest BCUT2D eigenvalue weighted by Crippen LogP contribution is -2.58. The molecule has 2 saturated carbocycles. The zero-order chi connectivity index (χ0) is 23.9. The predicted octanol–water partition coefficient (Wildman–Crippen LogP) is 4.66. The highest BCUT2D eigenvalue weighted by molar-refractivity contribution is 5.94. The van der Waals surface area contributed by atoms with Crippen molar-refractivity contribution in [3.63, 3.8) is 0 Å². The smallest absolute Gasteiger partial charge is 0.256 e. The standard InChI is InChI=1S/C27H37NO7/c1-2-17-30-19-11-9-18(10-12-19)28-24(29)22-20-21(33-26(32-20)13-5-3-6-14-26)23-25(31-22)35-27(34-23)15-7-4-8-16-27/h9-12,20-23,25H,2-8,13-17H2,1H3,(H,28,29)/t20-,21-,22+,23-,25+/m0/s1. The quantitative estimate of drug-likeness (QED) is 0.647. The Bertz CT molecular complexity index is 893. The van der Waals surface area contributed by atoms with E-state index in [0.717, 1.165) is 63.5 Å². The molecule has 2 aliphatic carbocycles. The first-order valence-corrected chi connectivity index (χ1v) is 13.5. The number of carbonyl (C=O) groups is 1. The molecular weight excluding hydrogens is 450 g/mol. The number of fused-ring (bicyclic) bond motifs is 3. The molecule has 8 heteroatoms. The molecule has 5 aliphatic rings. The number of hydrogen-bond acceptors (Lipinski definition) is 7. The Morgan fingerprint density at radius 1 is 0.857 bits per heavy atom. The lowest BCUT2D eigenvalue weighted by atomic mass is 9.94. The van der Waals surface area contributed by atoms with Crippen molar-refractivity contribution in [1.29, 1.82) is 0 Å². The molecule has 3 aliphatic heterocycles. The second kappa shape index (κ2) is 9.63. The minimum absolute atomic E-state index is 0.259. The first-order valence-electron chi connectivity index (χ1n) is 13.5. The van der Waals surface area contributed by atoms with Gasteiger partial charge >= 0.3 is 0 Å². The van der Waals surface area contributed by atoms with E-state index in [0.29, 0.717) is 12.3 Å². The fraction of sp³-hybridized carbons (Fsp3) is 0.741. The molecule has 0 unspecified atom stereocenters. The highest BCUT2D eigenvalue weighted by atomic mass is 16.9. The van der Waals surface area contributed by atoms with Gasteiger partial charge in [-0.05, 0) is 56.4 Å². The normalized spacial score (nSPS) is 34.9. The number of carbonyl (C=O) groups excluding carboxylic acids is 1. The number of rotatable bonds is 5. The van der Waals surface area contributed by atoms with Gasteiger partial charge in [0.1, 0.15) is 24.1 Å². The lowest BCUT2D eigenvalue weighted by molar-refractivity contribution is -0.246. The van der Waals surface area contributed by atoms with Crippen LogP contribution in [0, 0.1) is 0 Å². The van der Waals surface area contributed by atoms with Crippen molar-refractivity contribution in [2.75, 3.05) is 11.9 Å². The van der Waals surface area contributed by atoms with E-state index in [1.165, 1.54) is 12.8 Å². The molecule has 1 aromatic rings. The summed E-state index contributed by atoms with van der Waals surface area (Å²) in [5.41, 5.74) is 0.680. The fourth-order valence-electron chi connectivity index (χ4n) is 6.24. The van der Waals surface area contributed by atoms with Gasteiger partial charge < -0.3 is 33.7 Å². The molecular formula is C27H37NO7. The number of hydrogen-bond donors (Lipinski definition) is 1. The summed E-state index contributed by atoms with van der Waals surface area (Å²) in [5, 5.41) is 3.00. The van der Waals surface area contributed by atoms with Crippen LogP contribution in [0.2, 0.25) is 0 Å². The minimum atomic E-state index is -0.846. The van der Waals surface area contributed by atoms with E-state index in [1.54, 1.807) is 0 Å². The average Bonchev–Trinajstić information content (AvgIpc) is 3.41. The summed E-state index contributed by atoms with van der Waals surface area (Å²) < 4.78 is 38.0. The SMILES string of the molecule is CCCOc1ccc(NC(=O)[C@@H]2O[C@@H]3OC4(CCCCC4)O[C@H]3[C@H]3OC4(CCCCC4)O[C@@H]32)cc1. The molecule has 8 nitrogen and oxygen atoms in total. The Balaban J connectivity index is 1.21. The molecule has 3 heterocycles. The number of anilines is 1. The second-order valence-electron chi connectivity index (χ2n) is 10.6. The van der Waals surface area contributed by atoms with E-state index in [1.807, 2.05) is 24.3 Å². The Kier molecular flexibility index (Phi) is 6.52. The second-order valence-corrected chi connectivity index (χ2v) is 10.6. The maximum atomic E-state index is 13.5. The summed E-state index contributed by atoms with van der Waals surface area (Å²) in [4.78, 5) is 13.5. The van der Waals surface area contributed by atoms with Crippen molar-refractivity contribution in [3.05, 3.63) is 24.3 Å². The molecule has 5 fully saturated rings. The third kappa shape index (κ3) is 4.60. The van der Waals surface area contributed by atoms with Crippen LogP contribution in [-0.2, 0) is 28.5 Å². The molecule has 2 spiro atoms. The van der Waals surface area contributed by atoms with Crippen molar-refractivity contribution in [2.24, 2.45) is 0 Å². The van der Waals surface area contributed by atoms with Crippen LogP contribution in [0.15, 0.2) is 24.3 Å². The van der Waals surface area contributed by atoms with E-state index >= 15 is 0 Å². The highest BCUT2D eigenvalue weighted by Gasteiger charge is 2.65. The average molecular weight is 488 g/mol. The number of amides is 1. The number of ether oxygens (including phenoxy) is 6. The van der Waals surface area contributed by atoms with E-state index < -0.39 is 42.3 Å². The molecule has 35 heavy (non-hydrogen) atoms. The van der Waals surface area contributed by atoms with Crippen LogP contribution in [0.5, 0.6) is 5.75 Å². The molecule has 0 bridgehead atoms. The Morgan fingerprint density at radius 2 is 1.46 bits per heavy atom. The highest BCUT2D eigenvalue weighted by Crippen LogP contribution is 2.51. The van der Waals surface area contributed by atoms with Crippen LogP contribution in [0.4, 0.5) is 5.69 Å². The molecule has 0 radical (unpaired) electrons. The van der Waals surface area contributed by atoms with Crippen LogP contribution in [-0.4, -0.2) is 54.8 Å². The summed E-state index contributed by atoms with van der Waals surface area (Å²) in [6.45, 7) is 2.73. The maximum Gasteiger partial charge on any atom is 0.256 e. The predicted molar refractivity (Wildman–Crippen MR) is 127 cm³/mol. The zero-order valence-corrected chi connectivity index (χ0v) is 20.5. The van der Waals surface area contributed by atoms with Gasteiger partial charge in [-0.1, -0.05) is 19.8 Å². The van der Waals surface area contributed by atoms with Gasteiger partial charge in [-0.25, -0.2) is 0 Å². The Labute approximate surface area is 206 Å². The maximum absolute atomic E-state index is 13.5. The summed E-state index contributed by atoms with van der Waals surface area (Å²) in [6.07, 6.45) is 8.09. The van der Waals surface area contributed by atoms with Gasteiger partial charge in [0.2, 0.25) is 0 Å². The van der Waals surface area contributed by atoms with Gasteiger partial charge in [-0.15, -0.1) is 0 Å². The van der Waals surface area contributed by atoms with Gasteiger partial charge in [-0.3, -0.25) is 4.79 Å². The first kappa shape index (κ1) is 23.7. The third-order valence-corrected chi connectivity index (χ3v) is 7.96. The lowest BCUT2D eigenvalue weighted by Gasteiger charge is -2.36. The van der Waals surface area contributed by atoms with E-state index in [2.05, 4.69) is 12.2 Å². The van der Waals surface area contributed by atoms with E-state index in [9.17, 15) is 4.79 Å². The Hall–Kier alpha value is -1.71. The van der Waals surface area contributed by atoms with Gasteiger partial charge in [0, 0.05) is 31.4 Å². The molecule has 1 amide bonds. The van der Waals surface area contributed by atoms with E-state index in [4.69, 9.17) is 28.4 Å². The molecule has 1 aromatic carbocycles. The summed E-state index contributed by atoms with van der Waals surface area (Å²) >= 11 is 0. The summed E-state index contributed by atoms with van der Waals surface area (Å²) in [6, 6.07) is 7.40. The van der Waals surface area contributed by atoms with E-state index in [-0.39, 0.29) is 5.91 Å². The number of nitrogens with one attached hydrogen (secondary N) is 1. The molecule has 5 atom stereocenters. The van der Waals surface area contributed by atoms with Crippen molar-refractivity contribution in [1.82, 2.24) is 0 Å². The molecule has 3 saturated heterocycles. The molecule has 6 rings (SSSR count). The third-order valence-electron chi connectivity index (χ3n) is 7.96. The summed E-state index contributed by atoms with van der Waals surface area (Å²) in [7, 11) is 0. The first-order chi connectivity index (χ1) is 17.1. The van der Waals surface area contributed by atoms with Crippen molar-refractivity contribution in [2.45, 2.75) is 120 Å². The molecule has 0 aromatic heterocycles. The molecule has 192 valence electrons. The van der Waals surface area contributed by atoms with Crippen LogP contribution in [0.25, 0.3) is 0 Å². The van der Waals surface area contributed by atoms with Crippen molar-refractivity contribution >= 4 is 11.6 Å². The summed E-state index contributed by atoms with van der Waals surface area (Å²) in [5.74, 6) is -0.773. The number of benzene rings is 1. The van der Waals surface area contributed by atoms with Crippen LogP contribution >= 0.6 is 0 Å². The van der Waals surface area contributed by atoms with Crippen LogP contribution < -0.4 is 10.1 Å². The zero-order valence-electron chi connectivity index (χ0n) is 20.5. The van der Waals surface area contributed by atoms with Gasteiger partial charge in [0.05, 0.1) is 6.61 Å².